The highest BCUT2D eigenvalue weighted by atomic mass is 35.5. The minimum Gasteiger partial charge on any atom is -0.391 e. The van der Waals surface area contributed by atoms with Gasteiger partial charge in [-0.25, -0.2) is 4.39 Å². The molecular weight excluding hydrogens is 217 g/mol. The summed E-state index contributed by atoms with van der Waals surface area (Å²) in [5.41, 5.74) is 6.47. The number of aliphatic hydroxyl groups excluding tert-OH is 1. The van der Waals surface area contributed by atoms with Crippen molar-refractivity contribution in [2.75, 3.05) is 0 Å². The van der Waals surface area contributed by atoms with Crippen LogP contribution in [-0.2, 0) is 0 Å². The van der Waals surface area contributed by atoms with Crippen LogP contribution in [-0.4, -0.2) is 11.2 Å². The Morgan fingerprint density at radius 2 is 2.20 bits per heavy atom. The van der Waals surface area contributed by atoms with Gasteiger partial charge in [-0.15, -0.1) is 0 Å². The normalized spacial score (nSPS) is 15.0. The summed E-state index contributed by atoms with van der Waals surface area (Å²) in [5.74, 6) is -0.474. The molecule has 0 spiro atoms. The molecular formula is C11H15ClFNO. The number of halogens is 2. The summed E-state index contributed by atoms with van der Waals surface area (Å²) < 4.78 is 12.9. The predicted molar refractivity (Wildman–Crippen MR) is 59.3 cm³/mol. The van der Waals surface area contributed by atoms with Crippen LogP contribution < -0.4 is 5.73 Å². The van der Waals surface area contributed by atoms with Crippen molar-refractivity contribution in [2.45, 2.75) is 31.9 Å². The van der Waals surface area contributed by atoms with Crippen molar-refractivity contribution in [1.29, 1.82) is 0 Å². The number of benzene rings is 1. The molecule has 0 aliphatic rings. The molecule has 0 bridgehead atoms. The van der Waals surface area contributed by atoms with Crippen LogP contribution in [0.1, 0.15) is 31.4 Å². The molecule has 0 fully saturated rings. The van der Waals surface area contributed by atoms with E-state index in [1.54, 1.807) is 6.07 Å². The second-order valence-corrected chi connectivity index (χ2v) is 3.96. The third kappa shape index (κ3) is 3.16. The van der Waals surface area contributed by atoms with Gasteiger partial charge in [0.1, 0.15) is 5.82 Å². The van der Waals surface area contributed by atoms with E-state index in [9.17, 15) is 9.50 Å². The molecule has 15 heavy (non-hydrogen) atoms. The van der Waals surface area contributed by atoms with Gasteiger partial charge in [-0.05, 0) is 24.1 Å². The summed E-state index contributed by atoms with van der Waals surface area (Å²) in [7, 11) is 0. The second-order valence-electron chi connectivity index (χ2n) is 3.56. The fourth-order valence-corrected chi connectivity index (χ4v) is 1.61. The average Bonchev–Trinajstić information content (AvgIpc) is 2.21. The zero-order valence-corrected chi connectivity index (χ0v) is 9.34. The quantitative estimate of drug-likeness (QED) is 0.837. The van der Waals surface area contributed by atoms with Crippen molar-refractivity contribution in [2.24, 2.45) is 5.73 Å². The summed E-state index contributed by atoms with van der Waals surface area (Å²) in [6.45, 7) is 1.97. The molecule has 0 unspecified atom stereocenters. The van der Waals surface area contributed by atoms with Gasteiger partial charge in [-0.2, -0.15) is 0 Å². The number of rotatable bonds is 4. The monoisotopic (exact) mass is 231 g/mol. The fourth-order valence-electron chi connectivity index (χ4n) is 1.42. The van der Waals surface area contributed by atoms with Crippen LogP contribution in [0.15, 0.2) is 18.2 Å². The minimum atomic E-state index is -0.614. The molecule has 0 aromatic heterocycles. The Balaban J connectivity index is 2.81. The second kappa shape index (κ2) is 5.45. The summed E-state index contributed by atoms with van der Waals surface area (Å²) in [5, 5.41) is 9.70. The van der Waals surface area contributed by atoms with E-state index in [2.05, 4.69) is 0 Å². The van der Waals surface area contributed by atoms with Gasteiger partial charge in [-0.1, -0.05) is 31.0 Å². The van der Waals surface area contributed by atoms with Crippen LogP contribution in [0.5, 0.6) is 0 Å². The highest BCUT2D eigenvalue weighted by molar-refractivity contribution is 6.30. The van der Waals surface area contributed by atoms with Gasteiger partial charge < -0.3 is 10.8 Å². The Hall–Kier alpha value is -0.640. The standard InChI is InChI=1S/C11H15ClFNO/c1-2-3-10(15)11(14)7-4-5-9(13)8(12)6-7/h4-6,10-11,15H,2-3,14H2,1H3/t10-,11+/m0/s1. The van der Waals surface area contributed by atoms with Crippen molar-refractivity contribution >= 4 is 11.6 Å². The van der Waals surface area contributed by atoms with Gasteiger partial charge in [0.2, 0.25) is 0 Å². The smallest absolute Gasteiger partial charge is 0.141 e. The van der Waals surface area contributed by atoms with Crippen LogP contribution in [0.25, 0.3) is 0 Å². The Morgan fingerprint density at radius 1 is 1.53 bits per heavy atom. The third-order valence-electron chi connectivity index (χ3n) is 2.33. The molecule has 3 N–H and O–H groups in total. The Bertz CT molecular complexity index is 332. The van der Waals surface area contributed by atoms with Crippen molar-refractivity contribution < 1.29 is 9.50 Å². The summed E-state index contributed by atoms with van der Waals surface area (Å²) in [4.78, 5) is 0. The first-order chi connectivity index (χ1) is 7.06. The van der Waals surface area contributed by atoms with Crippen LogP contribution >= 0.6 is 11.6 Å². The number of nitrogens with two attached hydrogens (primary N) is 1. The first-order valence-electron chi connectivity index (χ1n) is 4.94. The lowest BCUT2D eigenvalue weighted by Gasteiger charge is -2.18. The van der Waals surface area contributed by atoms with Gasteiger partial charge in [0, 0.05) is 0 Å². The van der Waals surface area contributed by atoms with Crippen molar-refractivity contribution in [1.82, 2.24) is 0 Å². The van der Waals surface area contributed by atoms with Gasteiger partial charge in [0.05, 0.1) is 17.2 Å². The van der Waals surface area contributed by atoms with E-state index in [1.165, 1.54) is 12.1 Å². The van der Waals surface area contributed by atoms with Gasteiger partial charge in [-0.3, -0.25) is 0 Å². The summed E-state index contributed by atoms with van der Waals surface area (Å²) in [6.07, 6.45) is 0.858. The topological polar surface area (TPSA) is 46.2 Å². The molecule has 0 heterocycles. The predicted octanol–water partition coefficient (Wildman–Crippen LogP) is 2.64. The molecule has 0 aliphatic heterocycles. The lowest BCUT2D eigenvalue weighted by Crippen LogP contribution is -2.25. The van der Waals surface area contributed by atoms with E-state index in [-0.39, 0.29) is 5.02 Å². The van der Waals surface area contributed by atoms with E-state index >= 15 is 0 Å². The molecule has 1 rings (SSSR count). The zero-order chi connectivity index (χ0) is 11.4. The first-order valence-corrected chi connectivity index (χ1v) is 5.32. The SMILES string of the molecule is CCC[C@H](O)[C@H](N)c1ccc(F)c(Cl)c1. The van der Waals surface area contributed by atoms with Crippen molar-refractivity contribution in [3.63, 3.8) is 0 Å². The van der Waals surface area contributed by atoms with Crippen molar-refractivity contribution in [3.05, 3.63) is 34.6 Å². The molecule has 1 aromatic carbocycles. The lowest BCUT2D eigenvalue weighted by molar-refractivity contribution is 0.134. The fraction of sp³-hybridized carbons (Fsp3) is 0.455. The molecule has 84 valence electrons. The highest BCUT2D eigenvalue weighted by Crippen LogP contribution is 2.22. The molecule has 2 nitrogen and oxygen atoms in total. The Labute approximate surface area is 93.9 Å². The van der Waals surface area contributed by atoms with E-state index in [1.807, 2.05) is 6.92 Å². The molecule has 0 radical (unpaired) electrons. The van der Waals surface area contributed by atoms with Gasteiger partial charge >= 0.3 is 0 Å². The molecule has 1 aromatic rings. The first kappa shape index (κ1) is 12.4. The maximum absolute atomic E-state index is 12.9. The third-order valence-corrected chi connectivity index (χ3v) is 2.62. The number of aliphatic hydroxyl groups is 1. The molecule has 0 amide bonds. The van der Waals surface area contributed by atoms with Crippen LogP contribution in [0, 0.1) is 5.82 Å². The molecule has 4 heteroatoms. The van der Waals surface area contributed by atoms with E-state index in [4.69, 9.17) is 17.3 Å². The van der Waals surface area contributed by atoms with Crippen LogP contribution in [0.2, 0.25) is 5.02 Å². The Morgan fingerprint density at radius 3 is 2.73 bits per heavy atom. The van der Waals surface area contributed by atoms with E-state index < -0.39 is 18.0 Å². The minimum absolute atomic E-state index is 0.0339. The van der Waals surface area contributed by atoms with Gasteiger partial charge in [0.15, 0.2) is 0 Å². The maximum Gasteiger partial charge on any atom is 0.141 e. The number of hydrogen-bond acceptors (Lipinski definition) is 2. The van der Waals surface area contributed by atoms with Gasteiger partial charge in [0.25, 0.3) is 0 Å². The van der Waals surface area contributed by atoms with Crippen molar-refractivity contribution in [3.8, 4) is 0 Å². The van der Waals surface area contributed by atoms with E-state index in [0.29, 0.717) is 12.0 Å². The lowest BCUT2D eigenvalue weighted by atomic mass is 9.99. The van der Waals surface area contributed by atoms with Crippen LogP contribution in [0.4, 0.5) is 4.39 Å². The summed E-state index contributed by atoms with van der Waals surface area (Å²) in [6, 6.07) is 3.75. The molecule has 0 aliphatic carbocycles. The molecule has 0 saturated carbocycles. The summed E-state index contributed by atoms with van der Waals surface area (Å²) >= 11 is 5.63. The Kier molecular flexibility index (Phi) is 4.51. The largest absolute Gasteiger partial charge is 0.391 e. The zero-order valence-electron chi connectivity index (χ0n) is 8.58. The highest BCUT2D eigenvalue weighted by Gasteiger charge is 2.16. The number of hydrogen-bond donors (Lipinski definition) is 2. The average molecular weight is 232 g/mol. The maximum atomic E-state index is 12.9. The molecule has 2 atom stereocenters. The van der Waals surface area contributed by atoms with E-state index in [0.717, 1.165) is 6.42 Å². The van der Waals surface area contributed by atoms with Crippen LogP contribution in [0.3, 0.4) is 0 Å². The molecule has 0 saturated heterocycles.